The number of aromatic nitrogens is 4. The second kappa shape index (κ2) is 12.1. The first-order valence-corrected chi connectivity index (χ1v) is 14.2. The van der Waals surface area contributed by atoms with Crippen LogP contribution in [0.2, 0.25) is 0 Å². The average Bonchev–Trinajstić information content (AvgIpc) is 3.34. The fourth-order valence-corrected chi connectivity index (χ4v) is 5.33. The number of hydrogen-bond acceptors (Lipinski definition) is 8. The summed E-state index contributed by atoms with van der Waals surface area (Å²) in [6.45, 7) is 8.32. The molecular formula is C30H36N6O2S. The first-order chi connectivity index (χ1) is 18.9. The highest BCUT2D eigenvalue weighted by atomic mass is 32.2. The molecule has 0 radical (unpaired) electrons. The van der Waals surface area contributed by atoms with E-state index in [1.807, 2.05) is 57.4 Å². The standard InChI is InChI=1S/C30H36N6O2S/c1-20(2)37-28-27(26-9-7-6-8-21(26)3)32-30(34-39-25-18-31-36(5)19-25)33-29(28)38-24-12-10-22(11-13-24)23-14-16-35(4)17-15-23/h6-13,18-20,23H,14-17H2,1-5H3,(H,32,33,34). The summed E-state index contributed by atoms with van der Waals surface area (Å²) in [5, 5.41) is 4.24. The van der Waals surface area contributed by atoms with Crippen LogP contribution in [0.25, 0.3) is 11.3 Å². The zero-order valence-corrected chi connectivity index (χ0v) is 24.0. The van der Waals surface area contributed by atoms with Crippen molar-refractivity contribution in [2.75, 3.05) is 24.9 Å². The van der Waals surface area contributed by atoms with E-state index < -0.39 is 0 Å². The Kier molecular flexibility index (Phi) is 8.38. The molecule has 8 nitrogen and oxygen atoms in total. The lowest BCUT2D eigenvalue weighted by atomic mass is 9.90. The van der Waals surface area contributed by atoms with E-state index in [0.29, 0.717) is 34.9 Å². The quantitative estimate of drug-likeness (QED) is 0.234. The average molecular weight is 545 g/mol. The number of aryl methyl sites for hydroxylation is 2. The first-order valence-electron chi connectivity index (χ1n) is 13.4. The Balaban J connectivity index is 1.49. The summed E-state index contributed by atoms with van der Waals surface area (Å²) in [5.74, 6) is 2.62. The van der Waals surface area contributed by atoms with Crippen molar-refractivity contribution in [1.29, 1.82) is 0 Å². The first kappa shape index (κ1) is 27.0. The highest BCUT2D eigenvalue weighted by Crippen LogP contribution is 2.41. The van der Waals surface area contributed by atoms with Gasteiger partial charge < -0.3 is 14.4 Å². The molecule has 204 valence electrons. The second-order valence-electron chi connectivity index (χ2n) is 10.3. The number of rotatable bonds is 9. The van der Waals surface area contributed by atoms with Gasteiger partial charge in [0.1, 0.15) is 11.4 Å². The van der Waals surface area contributed by atoms with Crippen molar-refractivity contribution in [1.82, 2.24) is 24.6 Å². The predicted molar refractivity (Wildman–Crippen MR) is 157 cm³/mol. The van der Waals surface area contributed by atoms with Crippen LogP contribution in [-0.4, -0.2) is 50.9 Å². The summed E-state index contributed by atoms with van der Waals surface area (Å²) in [5.41, 5.74) is 4.09. The van der Waals surface area contributed by atoms with Crippen molar-refractivity contribution in [2.45, 2.75) is 50.5 Å². The summed E-state index contributed by atoms with van der Waals surface area (Å²) in [6, 6.07) is 16.5. The van der Waals surface area contributed by atoms with Gasteiger partial charge in [-0.1, -0.05) is 36.4 Å². The summed E-state index contributed by atoms with van der Waals surface area (Å²) in [4.78, 5) is 13.0. The van der Waals surface area contributed by atoms with Gasteiger partial charge in [-0.15, -0.1) is 0 Å². The van der Waals surface area contributed by atoms with Crippen LogP contribution < -0.4 is 14.2 Å². The minimum Gasteiger partial charge on any atom is -0.484 e. The van der Waals surface area contributed by atoms with Gasteiger partial charge in [0, 0.05) is 18.8 Å². The monoisotopic (exact) mass is 544 g/mol. The van der Waals surface area contributed by atoms with E-state index in [-0.39, 0.29) is 6.10 Å². The fraction of sp³-hybridized carbons (Fsp3) is 0.367. The van der Waals surface area contributed by atoms with Gasteiger partial charge in [-0.25, -0.2) is 4.98 Å². The molecule has 0 aliphatic carbocycles. The molecule has 2 aromatic carbocycles. The molecule has 2 aromatic heterocycles. The number of hydrogen-bond donors (Lipinski definition) is 1. The molecule has 0 atom stereocenters. The number of nitrogens with one attached hydrogen (secondary N) is 1. The van der Waals surface area contributed by atoms with E-state index >= 15 is 0 Å². The van der Waals surface area contributed by atoms with Gasteiger partial charge >= 0.3 is 0 Å². The van der Waals surface area contributed by atoms with Crippen LogP contribution in [0.3, 0.4) is 0 Å². The molecule has 0 amide bonds. The minimum absolute atomic E-state index is 0.0888. The number of ether oxygens (including phenoxy) is 2. The lowest BCUT2D eigenvalue weighted by Gasteiger charge is -2.29. The normalized spacial score (nSPS) is 14.5. The van der Waals surface area contributed by atoms with Crippen LogP contribution >= 0.6 is 11.9 Å². The Bertz CT molecular complexity index is 1400. The molecule has 39 heavy (non-hydrogen) atoms. The van der Waals surface area contributed by atoms with Crippen LogP contribution in [0.1, 0.15) is 43.7 Å². The van der Waals surface area contributed by atoms with Crippen LogP contribution in [0, 0.1) is 6.92 Å². The number of nitrogens with zero attached hydrogens (tertiary/aromatic N) is 5. The molecule has 1 fully saturated rings. The van der Waals surface area contributed by atoms with Gasteiger partial charge in [0.15, 0.2) is 0 Å². The number of piperidine rings is 1. The van der Waals surface area contributed by atoms with E-state index in [4.69, 9.17) is 19.4 Å². The Morgan fingerprint density at radius 3 is 2.41 bits per heavy atom. The van der Waals surface area contributed by atoms with Crippen LogP contribution in [0.15, 0.2) is 65.8 Å². The second-order valence-corrected chi connectivity index (χ2v) is 11.2. The van der Waals surface area contributed by atoms with Gasteiger partial charge in [0.05, 0.1) is 17.2 Å². The molecule has 1 aliphatic heterocycles. The third-order valence-corrected chi connectivity index (χ3v) is 7.55. The Labute approximate surface area is 234 Å². The molecule has 1 saturated heterocycles. The molecular weight excluding hydrogens is 508 g/mol. The maximum atomic E-state index is 6.42. The maximum Gasteiger partial charge on any atom is 0.268 e. The van der Waals surface area contributed by atoms with Gasteiger partial charge in [0.2, 0.25) is 11.7 Å². The third kappa shape index (κ3) is 6.72. The molecule has 9 heteroatoms. The topological polar surface area (TPSA) is 77.3 Å². The Hall–Kier alpha value is -3.56. The number of likely N-dealkylation sites (tertiary alicyclic amines) is 1. The third-order valence-electron chi connectivity index (χ3n) is 6.81. The fourth-order valence-electron chi connectivity index (χ4n) is 4.73. The smallest absolute Gasteiger partial charge is 0.268 e. The molecule has 0 spiro atoms. The molecule has 3 heterocycles. The molecule has 0 bridgehead atoms. The van der Waals surface area contributed by atoms with Crippen LogP contribution in [0.5, 0.6) is 17.4 Å². The highest BCUT2D eigenvalue weighted by Gasteiger charge is 2.23. The van der Waals surface area contributed by atoms with E-state index in [2.05, 4.69) is 46.9 Å². The van der Waals surface area contributed by atoms with Crippen molar-refractivity contribution < 1.29 is 9.47 Å². The highest BCUT2D eigenvalue weighted by molar-refractivity contribution is 8.00. The SMILES string of the molecule is Cc1ccccc1-c1nc(NSc2cnn(C)c2)nc(Oc2ccc(C3CCN(C)CC3)cc2)c1OC(C)C. The van der Waals surface area contributed by atoms with Gasteiger partial charge in [-0.05, 0) is 94.9 Å². The van der Waals surface area contributed by atoms with Crippen LogP contribution in [0.4, 0.5) is 5.95 Å². The predicted octanol–water partition coefficient (Wildman–Crippen LogP) is 6.69. The number of anilines is 1. The molecule has 1 aliphatic rings. The molecule has 1 N–H and O–H groups in total. The molecule has 4 aromatic rings. The van der Waals surface area contributed by atoms with Crippen LogP contribution in [-0.2, 0) is 7.05 Å². The molecule has 5 rings (SSSR count). The largest absolute Gasteiger partial charge is 0.484 e. The lowest BCUT2D eigenvalue weighted by Crippen LogP contribution is -2.29. The summed E-state index contributed by atoms with van der Waals surface area (Å²) in [6.07, 6.45) is 5.99. The molecule has 0 unspecified atom stereocenters. The van der Waals surface area contributed by atoms with Crippen molar-refractivity contribution in [2.24, 2.45) is 7.05 Å². The lowest BCUT2D eigenvalue weighted by molar-refractivity contribution is 0.231. The van der Waals surface area contributed by atoms with Gasteiger partial charge in [-0.2, -0.15) is 10.1 Å². The zero-order chi connectivity index (χ0) is 27.4. The van der Waals surface area contributed by atoms with Crippen molar-refractivity contribution in [3.8, 4) is 28.6 Å². The van der Waals surface area contributed by atoms with E-state index in [9.17, 15) is 0 Å². The Morgan fingerprint density at radius 1 is 1.00 bits per heavy atom. The van der Waals surface area contributed by atoms with Gasteiger partial charge in [0.25, 0.3) is 5.88 Å². The van der Waals surface area contributed by atoms with Crippen molar-refractivity contribution in [3.05, 3.63) is 72.1 Å². The summed E-state index contributed by atoms with van der Waals surface area (Å²) >= 11 is 1.40. The maximum absolute atomic E-state index is 6.42. The Morgan fingerprint density at radius 2 is 1.74 bits per heavy atom. The zero-order valence-electron chi connectivity index (χ0n) is 23.2. The van der Waals surface area contributed by atoms with E-state index in [1.54, 1.807) is 10.9 Å². The number of benzene rings is 2. The molecule has 0 saturated carbocycles. The summed E-state index contributed by atoms with van der Waals surface area (Å²) < 4.78 is 17.7. The summed E-state index contributed by atoms with van der Waals surface area (Å²) in [7, 11) is 4.08. The van der Waals surface area contributed by atoms with Gasteiger partial charge in [-0.3, -0.25) is 9.40 Å². The minimum atomic E-state index is -0.0888. The van der Waals surface area contributed by atoms with E-state index in [0.717, 1.165) is 29.1 Å². The van der Waals surface area contributed by atoms with Crippen molar-refractivity contribution in [3.63, 3.8) is 0 Å². The van der Waals surface area contributed by atoms with Crippen molar-refractivity contribution >= 4 is 17.9 Å². The van der Waals surface area contributed by atoms with E-state index in [1.165, 1.54) is 30.4 Å².